The summed E-state index contributed by atoms with van der Waals surface area (Å²) in [7, 11) is 0. The average molecular weight is 237 g/mol. The fourth-order valence-corrected chi connectivity index (χ4v) is 4.09. The normalized spacial score (nSPS) is 30.9. The van der Waals surface area contributed by atoms with Crippen molar-refractivity contribution in [2.24, 2.45) is 17.6 Å². The Morgan fingerprint density at radius 1 is 1.50 bits per heavy atom. The zero-order valence-corrected chi connectivity index (χ0v) is 11.4. The van der Waals surface area contributed by atoms with Gasteiger partial charge in [-0.15, -0.1) is 11.3 Å². The molecule has 0 saturated heterocycles. The largest absolute Gasteiger partial charge is 0.321 e. The van der Waals surface area contributed by atoms with Gasteiger partial charge in [0.2, 0.25) is 0 Å². The molecule has 1 aliphatic rings. The number of thiophene rings is 1. The van der Waals surface area contributed by atoms with Crippen LogP contribution >= 0.6 is 11.3 Å². The van der Waals surface area contributed by atoms with Gasteiger partial charge in [0, 0.05) is 4.88 Å². The minimum Gasteiger partial charge on any atom is -0.321 e. The SMILES string of the molecule is Cc1ccsc1C1(N)CCCC(C(C)C)C1. The fourth-order valence-electron chi connectivity index (χ4n) is 3.01. The number of hydrogen-bond donors (Lipinski definition) is 1. The van der Waals surface area contributed by atoms with Crippen LogP contribution < -0.4 is 5.73 Å². The molecular formula is C14H23NS. The zero-order chi connectivity index (χ0) is 11.8. The minimum absolute atomic E-state index is 0.0363. The summed E-state index contributed by atoms with van der Waals surface area (Å²) >= 11 is 1.84. The third-order valence-corrected chi connectivity index (χ3v) is 5.32. The molecule has 1 saturated carbocycles. The van der Waals surface area contributed by atoms with Crippen LogP contribution in [0.4, 0.5) is 0 Å². The molecule has 16 heavy (non-hydrogen) atoms. The molecule has 1 nitrogen and oxygen atoms in total. The summed E-state index contributed by atoms with van der Waals surface area (Å²) in [6.07, 6.45) is 4.99. The van der Waals surface area contributed by atoms with Crippen molar-refractivity contribution < 1.29 is 0 Å². The summed E-state index contributed by atoms with van der Waals surface area (Å²) in [5.41, 5.74) is 8.01. The van der Waals surface area contributed by atoms with Gasteiger partial charge < -0.3 is 5.73 Å². The molecule has 1 aliphatic carbocycles. The molecule has 0 aromatic carbocycles. The summed E-state index contributed by atoms with van der Waals surface area (Å²) in [4.78, 5) is 1.43. The Balaban J connectivity index is 2.22. The van der Waals surface area contributed by atoms with Gasteiger partial charge in [0.1, 0.15) is 0 Å². The molecule has 2 unspecified atom stereocenters. The molecule has 1 aromatic heterocycles. The van der Waals surface area contributed by atoms with E-state index in [0.29, 0.717) is 0 Å². The van der Waals surface area contributed by atoms with Gasteiger partial charge in [-0.3, -0.25) is 0 Å². The molecule has 0 bridgehead atoms. The van der Waals surface area contributed by atoms with Gasteiger partial charge >= 0.3 is 0 Å². The van der Waals surface area contributed by atoms with Gasteiger partial charge in [0.15, 0.2) is 0 Å². The second-order valence-corrected chi connectivity index (χ2v) is 6.61. The highest BCUT2D eigenvalue weighted by Crippen LogP contribution is 2.43. The summed E-state index contributed by atoms with van der Waals surface area (Å²) < 4.78 is 0. The summed E-state index contributed by atoms with van der Waals surface area (Å²) in [6, 6.07) is 2.20. The van der Waals surface area contributed by atoms with Gasteiger partial charge in [-0.05, 0) is 48.6 Å². The van der Waals surface area contributed by atoms with Crippen LogP contribution in [-0.2, 0) is 5.54 Å². The Labute approximate surface area is 103 Å². The average Bonchev–Trinajstić information content (AvgIpc) is 2.65. The highest BCUT2D eigenvalue weighted by Gasteiger charge is 2.36. The number of nitrogens with two attached hydrogens (primary N) is 1. The van der Waals surface area contributed by atoms with E-state index in [1.165, 1.54) is 29.7 Å². The predicted molar refractivity (Wildman–Crippen MR) is 71.7 cm³/mol. The van der Waals surface area contributed by atoms with Crippen LogP contribution in [0, 0.1) is 18.8 Å². The lowest BCUT2D eigenvalue weighted by atomic mass is 9.71. The molecule has 2 N–H and O–H groups in total. The first kappa shape index (κ1) is 12.1. The molecule has 0 radical (unpaired) electrons. The summed E-state index contributed by atoms with van der Waals surface area (Å²) in [5, 5.41) is 2.18. The van der Waals surface area contributed by atoms with Crippen LogP contribution in [0.25, 0.3) is 0 Å². The quantitative estimate of drug-likeness (QED) is 0.825. The molecule has 1 heterocycles. The van der Waals surface area contributed by atoms with Crippen LogP contribution in [-0.4, -0.2) is 0 Å². The van der Waals surface area contributed by atoms with E-state index in [-0.39, 0.29) is 5.54 Å². The Bertz CT molecular complexity index is 355. The molecule has 0 aliphatic heterocycles. The van der Waals surface area contributed by atoms with Crippen molar-refractivity contribution in [2.75, 3.05) is 0 Å². The van der Waals surface area contributed by atoms with Crippen molar-refractivity contribution >= 4 is 11.3 Å². The Morgan fingerprint density at radius 2 is 2.25 bits per heavy atom. The molecule has 1 aromatic rings. The van der Waals surface area contributed by atoms with Crippen molar-refractivity contribution in [3.05, 3.63) is 21.9 Å². The highest BCUT2D eigenvalue weighted by atomic mass is 32.1. The Kier molecular flexibility index (Phi) is 3.41. The van der Waals surface area contributed by atoms with Gasteiger partial charge in [0.25, 0.3) is 0 Å². The second kappa shape index (κ2) is 4.50. The van der Waals surface area contributed by atoms with Crippen LogP contribution in [0.1, 0.15) is 50.0 Å². The Hall–Kier alpha value is -0.340. The van der Waals surface area contributed by atoms with Crippen molar-refractivity contribution in [2.45, 2.75) is 52.0 Å². The predicted octanol–water partition coefficient (Wildman–Crippen LogP) is 4.06. The van der Waals surface area contributed by atoms with Crippen molar-refractivity contribution in [1.82, 2.24) is 0 Å². The van der Waals surface area contributed by atoms with Crippen molar-refractivity contribution in [3.63, 3.8) is 0 Å². The third kappa shape index (κ3) is 2.18. The third-order valence-electron chi connectivity index (χ3n) is 4.08. The van der Waals surface area contributed by atoms with Gasteiger partial charge in [0.05, 0.1) is 5.54 Å². The van der Waals surface area contributed by atoms with Crippen molar-refractivity contribution in [1.29, 1.82) is 0 Å². The lowest BCUT2D eigenvalue weighted by molar-refractivity contribution is 0.186. The van der Waals surface area contributed by atoms with Crippen LogP contribution in [0.3, 0.4) is 0 Å². The van der Waals surface area contributed by atoms with E-state index in [1.54, 1.807) is 0 Å². The lowest BCUT2D eigenvalue weighted by Gasteiger charge is -2.39. The highest BCUT2D eigenvalue weighted by molar-refractivity contribution is 7.10. The molecule has 2 atom stereocenters. The van der Waals surface area contributed by atoms with E-state index in [1.807, 2.05) is 11.3 Å². The van der Waals surface area contributed by atoms with Crippen molar-refractivity contribution in [3.8, 4) is 0 Å². The van der Waals surface area contributed by atoms with E-state index in [2.05, 4.69) is 32.2 Å². The monoisotopic (exact) mass is 237 g/mol. The smallest absolute Gasteiger partial charge is 0.0509 e. The topological polar surface area (TPSA) is 26.0 Å². The maximum Gasteiger partial charge on any atom is 0.0509 e. The van der Waals surface area contributed by atoms with Crippen LogP contribution in [0.5, 0.6) is 0 Å². The van der Waals surface area contributed by atoms with E-state index in [4.69, 9.17) is 5.73 Å². The number of aryl methyl sites for hydroxylation is 1. The van der Waals surface area contributed by atoms with E-state index in [0.717, 1.165) is 18.3 Å². The molecule has 0 amide bonds. The Morgan fingerprint density at radius 3 is 2.81 bits per heavy atom. The standard InChI is InChI=1S/C14H23NS/c1-10(2)12-5-4-7-14(15,9-12)13-11(3)6-8-16-13/h6,8,10,12H,4-5,7,9,15H2,1-3H3. The van der Waals surface area contributed by atoms with E-state index in [9.17, 15) is 0 Å². The summed E-state index contributed by atoms with van der Waals surface area (Å²) in [6.45, 7) is 6.86. The zero-order valence-electron chi connectivity index (χ0n) is 10.6. The van der Waals surface area contributed by atoms with E-state index < -0.39 is 0 Å². The van der Waals surface area contributed by atoms with E-state index >= 15 is 0 Å². The lowest BCUT2D eigenvalue weighted by Crippen LogP contribution is -2.42. The number of hydrogen-bond acceptors (Lipinski definition) is 2. The van der Waals surface area contributed by atoms with Crippen LogP contribution in [0.2, 0.25) is 0 Å². The second-order valence-electron chi connectivity index (χ2n) is 5.69. The fraction of sp³-hybridized carbons (Fsp3) is 0.714. The van der Waals surface area contributed by atoms with Gasteiger partial charge in [-0.25, -0.2) is 0 Å². The molecule has 90 valence electrons. The number of rotatable bonds is 2. The maximum atomic E-state index is 6.66. The van der Waals surface area contributed by atoms with Gasteiger partial charge in [-0.2, -0.15) is 0 Å². The minimum atomic E-state index is -0.0363. The molecule has 0 spiro atoms. The molecule has 2 heteroatoms. The first-order valence-corrected chi connectivity index (χ1v) is 7.24. The molecule has 2 rings (SSSR count). The van der Waals surface area contributed by atoms with Crippen LogP contribution in [0.15, 0.2) is 11.4 Å². The van der Waals surface area contributed by atoms with Gasteiger partial charge in [-0.1, -0.05) is 26.7 Å². The maximum absolute atomic E-state index is 6.66. The summed E-state index contributed by atoms with van der Waals surface area (Å²) in [5.74, 6) is 1.57. The molecular weight excluding hydrogens is 214 g/mol. The first-order valence-electron chi connectivity index (χ1n) is 6.36. The molecule has 1 fully saturated rings. The first-order chi connectivity index (χ1) is 7.53.